The van der Waals surface area contributed by atoms with E-state index in [1.807, 2.05) is 36.4 Å². The van der Waals surface area contributed by atoms with Crippen molar-refractivity contribution in [1.82, 2.24) is 4.98 Å². The minimum Gasteiger partial charge on any atom is -0.457 e. The molecule has 0 saturated heterocycles. The summed E-state index contributed by atoms with van der Waals surface area (Å²) in [6.07, 6.45) is 1.04. The highest BCUT2D eigenvalue weighted by molar-refractivity contribution is 5.96. The SMILES string of the molecule is Cc1nc2ccc(Oc3ccccc3)cc2c2c1CCN2Cc1ccccc1. The number of hydrogen-bond donors (Lipinski definition) is 0. The van der Waals surface area contributed by atoms with Gasteiger partial charge in [-0.1, -0.05) is 48.5 Å². The van der Waals surface area contributed by atoms with Crippen molar-refractivity contribution in [3.63, 3.8) is 0 Å². The number of para-hydroxylation sites is 1. The van der Waals surface area contributed by atoms with Gasteiger partial charge in [-0.15, -0.1) is 0 Å². The lowest BCUT2D eigenvalue weighted by Crippen LogP contribution is -2.19. The lowest BCUT2D eigenvalue weighted by Gasteiger charge is -2.22. The number of nitrogens with zero attached hydrogens (tertiary/aromatic N) is 2. The van der Waals surface area contributed by atoms with Crippen LogP contribution in [0.2, 0.25) is 0 Å². The number of fused-ring (bicyclic) bond motifs is 3. The van der Waals surface area contributed by atoms with Crippen molar-refractivity contribution in [2.45, 2.75) is 19.9 Å². The maximum absolute atomic E-state index is 6.08. The van der Waals surface area contributed by atoms with Crippen molar-refractivity contribution >= 4 is 16.6 Å². The van der Waals surface area contributed by atoms with E-state index in [9.17, 15) is 0 Å². The number of pyridine rings is 1. The van der Waals surface area contributed by atoms with Gasteiger partial charge >= 0.3 is 0 Å². The molecular weight excluding hydrogens is 344 g/mol. The van der Waals surface area contributed by atoms with E-state index in [-0.39, 0.29) is 0 Å². The molecule has 4 aromatic rings. The quantitative estimate of drug-likeness (QED) is 0.450. The van der Waals surface area contributed by atoms with Crippen LogP contribution in [-0.2, 0) is 13.0 Å². The Morgan fingerprint density at radius 3 is 2.43 bits per heavy atom. The predicted molar refractivity (Wildman–Crippen MR) is 114 cm³/mol. The highest BCUT2D eigenvalue weighted by Crippen LogP contribution is 2.39. The first-order valence-electron chi connectivity index (χ1n) is 9.73. The van der Waals surface area contributed by atoms with Crippen LogP contribution in [0, 0.1) is 6.92 Å². The lowest BCUT2D eigenvalue weighted by molar-refractivity contribution is 0.483. The van der Waals surface area contributed by atoms with E-state index in [0.29, 0.717) is 0 Å². The molecule has 5 rings (SSSR count). The van der Waals surface area contributed by atoms with E-state index in [4.69, 9.17) is 9.72 Å². The summed E-state index contributed by atoms with van der Waals surface area (Å²) in [6, 6.07) is 26.8. The molecule has 3 heteroatoms. The van der Waals surface area contributed by atoms with Crippen molar-refractivity contribution in [2.24, 2.45) is 0 Å². The van der Waals surface area contributed by atoms with Gasteiger partial charge in [0.05, 0.1) is 11.2 Å². The van der Waals surface area contributed by atoms with Crippen molar-refractivity contribution in [3.8, 4) is 11.5 Å². The van der Waals surface area contributed by atoms with Gasteiger partial charge in [0.25, 0.3) is 0 Å². The van der Waals surface area contributed by atoms with Gasteiger partial charge in [0.15, 0.2) is 0 Å². The largest absolute Gasteiger partial charge is 0.457 e. The molecule has 1 aromatic heterocycles. The zero-order valence-electron chi connectivity index (χ0n) is 15.9. The first kappa shape index (κ1) is 16.8. The zero-order chi connectivity index (χ0) is 18.9. The second-order valence-corrected chi connectivity index (χ2v) is 7.28. The Hall–Kier alpha value is -3.33. The number of benzene rings is 3. The standard InChI is InChI=1S/C25H22N2O/c1-18-22-14-15-27(17-19-8-4-2-5-9-19)25(22)23-16-21(12-13-24(23)26-18)28-20-10-6-3-7-11-20/h2-13,16H,14-15,17H2,1H3. The summed E-state index contributed by atoms with van der Waals surface area (Å²) < 4.78 is 6.08. The van der Waals surface area contributed by atoms with Crippen LogP contribution in [0.4, 0.5) is 5.69 Å². The molecule has 3 nitrogen and oxygen atoms in total. The van der Waals surface area contributed by atoms with Crippen LogP contribution >= 0.6 is 0 Å². The molecule has 138 valence electrons. The molecule has 1 aliphatic rings. The van der Waals surface area contributed by atoms with Crippen LogP contribution in [0.5, 0.6) is 11.5 Å². The molecule has 28 heavy (non-hydrogen) atoms. The van der Waals surface area contributed by atoms with Gasteiger partial charge in [-0.3, -0.25) is 4.98 Å². The Morgan fingerprint density at radius 1 is 0.893 bits per heavy atom. The average Bonchev–Trinajstić information content (AvgIpc) is 3.15. The minimum atomic E-state index is 0.845. The van der Waals surface area contributed by atoms with Gasteiger partial charge in [-0.2, -0.15) is 0 Å². The molecule has 0 unspecified atom stereocenters. The van der Waals surface area contributed by atoms with E-state index in [1.165, 1.54) is 22.2 Å². The number of aryl methyl sites for hydroxylation is 1. The molecule has 0 bridgehead atoms. The molecule has 0 fully saturated rings. The third-order valence-electron chi connectivity index (χ3n) is 5.38. The maximum Gasteiger partial charge on any atom is 0.128 e. The topological polar surface area (TPSA) is 25.4 Å². The number of aromatic nitrogens is 1. The van der Waals surface area contributed by atoms with Crippen LogP contribution in [0.1, 0.15) is 16.8 Å². The zero-order valence-corrected chi connectivity index (χ0v) is 15.9. The summed E-state index contributed by atoms with van der Waals surface area (Å²) in [4.78, 5) is 7.33. The number of anilines is 1. The molecule has 0 saturated carbocycles. The average molecular weight is 366 g/mol. The molecule has 0 atom stereocenters. The number of ether oxygens (including phenoxy) is 1. The summed E-state index contributed by atoms with van der Waals surface area (Å²) in [5.74, 6) is 1.69. The summed E-state index contributed by atoms with van der Waals surface area (Å²) in [6.45, 7) is 4.06. The molecule has 0 N–H and O–H groups in total. The van der Waals surface area contributed by atoms with Crippen LogP contribution in [0.15, 0.2) is 78.9 Å². The van der Waals surface area contributed by atoms with Gasteiger partial charge in [-0.25, -0.2) is 0 Å². The Balaban J connectivity index is 1.57. The predicted octanol–water partition coefficient (Wildman–Crippen LogP) is 5.90. The fraction of sp³-hybridized carbons (Fsp3) is 0.160. The van der Waals surface area contributed by atoms with Crippen LogP contribution in [-0.4, -0.2) is 11.5 Å². The van der Waals surface area contributed by atoms with Crippen molar-refractivity contribution in [1.29, 1.82) is 0 Å². The van der Waals surface area contributed by atoms with Gasteiger partial charge < -0.3 is 9.64 Å². The van der Waals surface area contributed by atoms with E-state index in [2.05, 4.69) is 54.3 Å². The van der Waals surface area contributed by atoms with Gasteiger partial charge in [0.1, 0.15) is 11.5 Å². The molecule has 1 aliphatic heterocycles. The fourth-order valence-electron chi connectivity index (χ4n) is 4.05. The Morgan fingerprint density at radius 2 is 1.64 bits per heavy atom. The maximum atomic E-state index is 6.08. The molecular formula is C25H22N2O. The van der Waals surface area contributed by atoms with Gasteiger partial charge in [0, 0.05) is 24.2 Å². The monoisotopic (exact) mass is 366 g/mol. The summed E-state index contributed by atoms with van der Waals surface area (Å²) in [5, 5.41) is 1.17. The molecule has 0 amide bonds. The van der Waals surface area contributed by atoms with E-state index in [0.717, 1.165) is 42.2 Å². The van der Waals surface area contributed by atoms with Crippen LogP contribution in [0.25, 0.3) is 10.9 Å². The first-order valence-corrected chi connectivity index (χ1v) is 9.73. The Kier molecular flexibility index (Phi) is 4.21. The second kappa shape index (κ2) is 7.01. The normalized spacial score (nSPS) is 13.0. The first-order chi connectivity index (χ1) is 13.8. The molecule has 0 radical (unpaired) electrons. The van der Waals surface area contributed by atoms with Crippen LogP contribution in [0.3, 0.4) is 0 Å². The van der Waals surface area contributed by atoms with Crippen molar-refractivity contribution < 1.29 is 4.74 Å². The number of hydrogen-bond acceptors (Lipinski definition) is 3. The Bertz CT molecular complexity index is 1120. The summed E-state index contributed by atoms with van der Waals surface area (Å²) in [5.41, 5.74) is 6.16. The summed E-state index contributed by atoms with van der Waals surface area (Å²) >= 11 is 0. The highest BCUT2D eigenvalue weighted by atomic mass is 16.5. The van der Waals surface area contributed by atoms with Gasteiger partial charge in [0.2, 0.25) is 0 Å². The third kappa shape index (κ3) is 3.09. The second-order valence-electron chi connectivity index (χ2n) is 7.28. The third-order valence-corrected chi connectivity index (χ3v) is 5.38. The van der Waals surface area contributed by atoms with E-state index in [1.54, 1.807) is 0 Å². The highest BCUT2D eigenvalue weighted by Gasteiger charge is 2.25. The molecule has 3 aromatic carbocycles. The van der Waals surface area contributed by atoms with Gasteiger partial charge in [-0.05, 0) is 54.8 Å². The molecule has 2 heterocycles. The number of rotatable bonds is 4. The van der Waals surface area contributed by atoms with E-state index < -0.39 is 0 Å². The van der Waals surface area contributed by atoms with Crippen molar-refractivity contribution in [2.75, 3.05) is 11.4 Å². The Labute approximate surface area is 165 Å². The van der Waals surface area contributed by atoms with Crippen molar-refractivity contribution in [3.05, 3.63) is 95.7 Å². The van der Waals surface area contributed by atoms with E-state index >= 15 is 0 Å². The minimum absolute atomic E-state index is 0.845. The molecule has 0 aliphatic carbocycles. The molecule has 0 spiro atoms. The summed E-state index contributed by atoms with van der Waals surface area (Å²) in [7, 11) is 0. The van der Waals surface area contributed by atoms with Crippen LogP contribution < -0.4 is 9.64 Å². The smallest absolute Gasteiger partial charge is 0.128 e. The lowest BCUT2D eigenvalue weighted by atomic mass is 10.1. The fourth-order valence-corrected chi connectivity index (χ4v) is 4.05.